The molecule has 1 aromatic rings. The first-order valence-electron chi connectivity index (χ1n) is 5.20. The van der Waals surface area contributed by atoms with Gasteiger partial charge < -0.3 is 9.84 Å². The molecule has 1 aromatic carbocycles. The minimum atomic E-state index is -0.779. The maximum absolute atomic E-state index is 11.0. The minimum Gasteiger partial charge on any atom is -0.481 e. The Morgan fingerprint density at radius 1 is 1.56 bits per heavy atom. The maximum atomic E-state index is 11.0. The highest BCUT2D eigenvalue weighted by atomic mass is 79.9. The third kappa shape index (κ3) is 2.13. The first kappa shape index (κ1) is 11.6. The first-order valence-corrected chi connectivity index (χ1v) is 5.99. The van der Waals surface area contributed by atoms with E-state index < -0.39 is 11.9 Å². The number of benzene rings is 1. The topological polar surface area (TPSA) is 46.5 Å². The molecule has 1 aliphatic heterocycles. The molecule has 1 fully saturated rings. The first-order chi connectivity index (χ1) is 7.59. The highest BCUT2D eigenvalue weighted by Gasteiger charge is 2.35. The molecule has 0 spiro atoms. The van der Waals surface area contributed by atoms with Gasteiger partial charge in [-0.3, -0.25) is 4.79 Å². The number of halogens is 1. The van der Waals surface area contributed by atoms with Crippen molar-refractivity contribution in [2.45, 2.75) is 19.4 Å². The van der Waals surface area contributed by atoms with Crippen LogP contribution < -0.4 is 0 Å². The van der Waals surface area contributed by atoms with E-state index in [1.807, 2.05) is 25.1 Å². The molecule has 2 atom stereocenters. The highest BCUT2D eigenvalue weighted by molar-refractivity contribution is 9.10. The molecule has 0 aliphatic carbocycles. The van der Waals surface area contributed by atoms with Gasteiger partial charge in [0, 0.05) is 11.1 Å². The summed E-state index contributed by atoms with van der Waals surface area (Å²) in [4.78, 5) is 11.0. The quantitative estimate of drug-likeness (QED) is 0.908. The summed E-state index contributed by atoms with van der Waals surface area (Å²) in [7, 11) is 0. The Morgan fingerprint density at radius 3 is 2.94 bits per heavy atom. The molecule has 1 heterocycles. The van der Waals surface area contributed by atoms with Crippen LogP contribution in [0.15, 0.2) is 22.7 Å². The molecule has 1 saturated heterocycles. The van der Waals surface area contributed by atoms with Gasteiger partial charge in [-0.2, -0.15) is 0 Å². The SMILES string of the molecule is Cc1ccc(C2OCCC2C(=O)O)cc1Br. The Morgan fingerprint density at radius 2 is 2.31 bits per heavy atom. The Kier molecular flexibility index (Phi) is 3.30. The zero-order chi connectivity index (χ0) is 11.7. The largest absolute Gasteiger partial charge is 0.481 e. The predicted molar refractivity (Wildman–Crippen MR) is 63.3 cm³/mol. The monoisotopic (exact) mass is 284 g/mol. The van der Waals surface area contributed by atoms with E-state index in [0.717, 1.165) is 15.6 Å². The summed E-state index contributed by atoms with van der Waals surface area (Å²) < 4.78 is 6.50. The van der Waals surface area contributed by atoms with Crippen LogP contribution in [0.1, 0.15) is 23.7 Å². The minimum absolute atomic E-state index is 0.311. The second-order valence-corrected chi connectivity index (χ2v) is 4.89. The zero-order valence-corrected chi connectivity index (χ0v) is 10.5. The molecule has 1 N–H and O–H groups in total. The van der Waals surface area contributed by atoms with Crippen LogP contribution in [0.5, 0.6) is 0 Å². The van der Waals surface area contributed by atoms with Crippen LogP contribution in [0.2, 0.25) is 0 Å². The molecule has 1 aliphatic rings. The number of carbonyl (C=O) groups is 1. The Labute approximate surface area is 103 Å². The molecular formula is C12H13BrO3. The summed E-state index contributed by atoms with van der Waals surface area (Å²) in [6.07, 6.45) is 0.278. The smallest absolute Gasteiger partial charge is 0.309 e. The summed E-state index contributed by atoms with van der Waals surface area (Å²) in [6.45, 7) is 2.52. The third-order valence-corrected chi connectivity index (χ3v) is 3.79. The molecule has 16 heavy (non-hydrogen) atoms. The highest BCUT2D eigenvalue weighted by Crippen LogP contribution is 2.36. The van der Waals surface area contributed by atoms with Gasteiger partial charge in [-0.25, -0.2) is 0 Å². The Balaban J connectivity index is 2.29. The molecule has 0 radical (unpaired) electrons. The number of rotatable bonds is 2. The van der Waals surface area contributed by atoms with Crippen molar-refractivity contribution in [3.63, 3.8) is 0 Å². The average Bonchev–Trinajstić information content (AvgIpc) is 2.71. The molecular weight excluding hydrogens is 272 g/mol. The van der Waals surface area contributed by atoms with Gasteiger partial charge in [0.2, 0.25) is 0 Å². The lowest BCUT2D eigenvalue weighted by Crippen LogP contribution is -2.17. The van der Waals surface area contributed by atoms with E-state index in [1.54, 1.807) is 0 Å². The van der Waals surface area contributed by atoms with E-state index in [2.05, 4.69) is 15.9 Å². The fourth-order valence-electron chi connectivity index (χ4n) is 1.96. The van der Waals surface area contributed by atoms with E-state index in [1.165, 1.54) is 0 Å². The predicted octanol–water partition coefficient (Wildman–Crippen LogP) is 2.92. The molecule has 2 unspecified atom stereocenters. The van der Waals surface area contributed by atoms with E-state index >= 15 is 0 Å². The van der Waals surface area contributed by atoms with Crippen molar-refractivity contribution in [1.82, 2.24) is 0 Å². The van der Waals surface area contributed by atoms with Crippen LogP contribution in [0, 0.1) is 12.8 Å². The van der Waals surface area contributed by atoms with E-state index in [0.29, 0.717) is 13.0 Å². The van der Waals surface area contributed by atoms with Gasteiger partial charge >= 0.3 is 5.97 Å². The summed E-state index contributed by atoms with van der Waals surface area (Å²) >= 11 is 3.45. The van der Waals surface area contributed by atoms with E-state index in [4.69, 9.17) is 9.84 Å². The van der Waals surface area contributed by atoms with Gasteiger partial charge in [0.15, 0.2) is 0 Å². The normalized spacial score (nSPS) is 24.6. The third-order valence-electron chi connectivity index (χ3n) is 2.93. The second-order valence-electron chi connectivity index (χ2n) is 4.03. The zero-order valence-electron chi connectivity index (χ0n) is 8.94. The van der Waals surface area contributed by atoms with Crippen molar-refractivity contribution in [2.75, 3.05) is 6.61 Å². The van der Waals surface area contributed by atoms with Crippen molar-refractivity contribution in [2.24, 2.45) is 5.92 Å². The van der Waals surface area contributed by atoms with Crippen LogP contribution in [-0.2, 0) is 9.53 Å². The molecule has 86 valence electrons. The van der Waals surface area contributed by atoms with Crippen molar-refractivity contribution < 1.29 is 14.6 Å². The Bertz CT molecular complexity index is 417. The average molecular weight is 285 g/mol. The molecule has 0 saturated carbocycles. The van der Waals surface area contributed by atoms with E-state index in [9.17, 15) is 4.79 Å². The van der Waals surface area contributed by atoms with Crippen molar-refractivity contribution in [3.05, 3.63) is 33.8 Å². The number of carboxylic acids is 1. The molecule has 0 amide bonds. The van der Waals surface area contributed by atoms with Gasteiger partial charge in [0.05, 0.1) is 12.0 Å². The van der Waals surface area contributed by atoms with Crippen molar-refractivity contribution >= 4 is 21.9 Å². The number of carboxylic acid groups (broad SMARTS) is 1. The van der Waals surface area contributed by atoms with Gasteiger partial charge in [0.25, 0.3) is 0 Å². The fraction of sp³-hybridized carbons (Fsp3) is 0.417. The van der Waals surface area contributed by atoms with Crippen LogP contribution in [0.3, 0.4) is 0 Å². The lowest BCUT2D eigenvalue weighted by atomic mass is 9.95. The fourth-order valence-corrected chi connectivity index (χ4v) is 2.35. The van der Waals surface area contributed by atoms with Gasteiger partial charge in [-0.05, 0) is 30.5 Å². The number of aliphatic carboxylic acids is 1. The van der Waals surface area contributed by atoms with Gasteiger partial charge in [-0.15, -0.1) is 0 Å². The summed E-state index contributed by atoms with van der Waals surface area (Å²) in [6, 6.07) is 5.85. The Hall–Kier alpha value is -0.870. The molecule has 0 bridgehead atoms. The standard InChI is InChI=1S/C12H13BrO3/c1-7-2-3-8(6-10(7)13)11-9(12(14)15)4-5-16-11/h2-3,6,9,11H,4-5H2,1H3,(H,14,15). The van der Waals surface area contributed by atoms with Crippen LogP contribution >= 0.6 is 15.9 Å². The summed E-state index contributed by atoms with van der Waals surface area (Å²) in [5.74, 6) is -1.20. The van der Waals surface area contributed by atoms with E-state index in [-0.39, 0.29) is 6.10 Å². The number of aryl methyl sites for hydroxylation is 1. The summed E-state index contributed by atoms with van der Waals surface area (Å²) in [5, 5.41) is 9.08. The molecule has 4 heteroatoms. The van der Waals surface area contributed by atoms with Crippen molar-refractivity contribution in [3.8, 4) is 0 Å². The number of ether oxygens (including phenoxy) is 1. The van der Waals surface area contributed by atoms with Crippen molar-refractivity contribution in [1.29, 1.82) is 0 Å². The molecule has 3 nitrogen and oxygen atoms in total. The number of hydrogen-bond donors (Lipinski definition) is 1. The van der Waals surface area contributed by atoms with Crippen LogP contribution in [0.4, 0.5) is 0 Å². The van der Waals surface area contributed by atoms with Crippen LogP contribution in [0.25, 0.3) is 0 Å². The lowest BCUT2D eigenvalue weighted by Gasteiger charge is -2.16. The number of hydrogen-bond acceptors (Lipinski definition) is 2. The van der Waals surface area contributed by atoms with Gasteiger partial charge in [0.1, 0.15) is 0 Å². The van der Waals surface area contributed by atoms with Crippen LogP contribution in [-0.4, -0.2) is 17.7 Å². The summed E-state index contributed by atoms with van der Waals surface area (Å²) in [5.41, 5.74) is 2.07. The molecule has 0 aromatic heterocycles. The molecule has 2 rings (SSSR count). The lowest BCUT2D eigenvalue weighted by molar-refractivity contribution is -0.143. The van der Waals surface area contributed by atoms with Gasteiger partial charge in [-0.1, -0.05) is 28.1 Å². The second kappa shape index (κ2) is 4.55. The maximum Gasteiger partial charge on any atom is 0.309 e.